The van der Waals surface area contributed by atoms with Gasteiger partial charge in [-0.05, 0) is 12.5 Å². The average molecular weight is 284 g/mol. The van der Waals surface area contributed by atoms with Crippen molar-refractivity contribution in [3.05, 3.63) is 28.3 Å². The van der Waals surface area contributed by atoms with Gasteiger partial charge in [-0.2, -0.15) is 0 Å². The summed E-state index contributed by atoms with van der Waals surface area (Å²) in [7, 11) is 1.62. The van der Waals surface area contributed by atoms with E-state index in [2.05, 4.69) is 10.7 Å². The molecule has 0 aliphatic rings. The number of rotatable bonds is 10. The van der Waals surface area contributed by atoms with Gasteiger partial charge < -0.3 is 20.2 Å². The van der Waals surface area contributed by atoms with E-state index in [9.17, 15) is 10.1 Å². The number of methoxy groups -OCH3 is 1. The summed E-state index contributed by atoms with van der Waals surface area (Å²) in [5.74, 6) is 5.28. The summed E-state index contributed by atoms with van der Waals surface area (Å²) in [4.78, 5) is 10.3. The summed E-state index contributed by atoms with van der Waals surface area (Å²) in [5, 5.41) is 13.9. The molecule has 0 aromatic heterocycles. The highest BCUT2D eigenvalue weighted by atomic mass is 16.6. The van der Waals surface area contributed by atoms with Crippen molar-refractivity contribution in [1.82, 2.24) is 0 Å². The Morgan fingerprint density at radius 3 is 2.65 bits per heavy atom. The molecule has 1 aromatic rings. The van der Waals surface area contributed by atoms with E-state index in [4.69, 9.17) is 15.3 Å². The zero-order valence-electron chi connectivity index (χ0n) is 11.4. The molecule has 0 amide bonds. The molecule has 4 N–H and O–H groups in total. The molecule has 0 unspecified atom stereocenters. The molecule has 8 heteroatoms. The summed E-state index contributed by atoms with van der Waals surface area (Å²) in [6, 6.07) is 4.55. The topological polar surface area (TPSA) is 112 Å². The molecule has 8 nitrogen and oxygen atoms in total. The van der Waals surface area contributed by atoms with Crippen LogP contribution in [0, 0.1) is 10.1 Å². The smallest absolute Gasteiger partial charge is 0.273 e. The van der Waals surface area contributed by atoms with Crippen molar-refractivity contribution >= 4 is 17.1 Å². The summed E-state index contributed by atoms with van der Waals surface area (Å²) < 4.78 is 10.2. The predicted molar refractivity (Wildman–Crippen MR) is 76.7 cm³/mol. The number of non-ortho nitro benzene ring substituents is 1. The molecule has 20 heavy (non-hydrogen) atoms. The van der Waals surface area contributed by atoms with Crippen molar-refractivity contribution in [3.63, 3.8) is 0 Å². The number of nitro groups is 1. The fourth-order valence-corrected chi connectivity index (χ4v) is 1.55. The Labute approximate surface area is 117 Å². The number of nitrogens with one attached hydrogen (secondary N) is 2. The van der Waals surface area contributed by atoms with Crippen LogP contribution in [0.15, 0.2) is 18.2 Å². The van der Waals surface area contributed by atoms with Gasteiger partial charge >= 0.3 is 0 Å². The van der Waals surface area contributed by atoms with E-state index in [0.29, 0.717) is 37.7 Å². The fraction of sp³-hybridized carbons (Fsp3) is 0.500. The SMILES string of the molecule is COCCOCCCNc1cc(NN)cc([N+](=O)[O-])c1. The third-order valence-corrected chi connectivity index (χ3v) is 2.52. The van der Waals surface area contributed by atoms with E-state index >= 15 is 0 Å². The molecule has 0 spiro atoms. The minimum absolute atomic E-state index is 0.0145. The van der Waals surface area contributed by atoms with Crippen molar-refractivity contribution in [1.29, 1.82) is 0 Å². The highest BCUT2D eigenvalue weighted by molar-refractivity contribution is 5.63. The van der Waals surface area contributed by atoms with Crippen LogP contribution >= 0.6 is 0 Å². The van der Waals surface area contributed by atoms with Crippen molar-refractivity contribution in [2.45, 2.75) is 6.42 Å². The maximum Gasteiger partial charge on any atom is 0.273 e. The summed E-state index contributed by atoms with van der Waals surface area (Å²) in [6.45, 7) is 2.39. The first kappa shape index (κ1) is 16.2. The van der Waals surface area contributed by atoms with Crippen molar-refractivity contribution < 1.29 is 14.4 Å². The molecule has 0 heterocycles. The van der Waals surface area contributed by atoms with E-state index in [-0.39, 0.29) is 5.69 Å². The van der Waals surface area contributed by atoms with E-state index in [1.165, 1.54) is 12.1 Å². The largest absolute Gasteiger partial charge is 0.385 e. The van der Waals surface area contributed by atoms with Gasteiger partial charge in [-0.15, -0.1) is 0 Å². The van der Waals surface area contributed by atoms with E-state index in [0.717, 1.165) is 6.42 Å². The van der Waals surface area contributed by atoms with Crippen LogP contribution in [0.2, 0.25) is 0 Å². The van der Waals surface area contributed by atoms with Crippen molar-refractivity contribution in [3.8, 4) is 0 Å². The van der Waals surface area contributed by atoms with Crippen LogP contribution in [0.25, 0.3) is 0 Å². The maximum atomic E-state index is 10.8. The molecule has 0 atom stereocenters. The lowest BCUT2D eigenvalue weighted by Gasteiger charge is -2.09. The second kappa shape index (κ2) is 9.08. The predicted octanol–water partition coefficient (Wildman–Crippen LogP) is 1.35. The Hall–Kier alpha value is -1.90. The van der Waals surface area contributed by atoms with Gasteiger partial charge in [-0.25, -0.2) is 0 Å². The van der Waals surface area contributed by atoms with Gasteiger partial charge in [-0.1, -0.05) is 0 Å². The Bertz CT molecular complexity index is 428. The van der Waals surface area contributed by atoms with Crippen LogP contribution in [0.1, 0.15) is 6.42 Å². The number of hydrogen-bond acceptors (Lipinski definition) is 7. The second-order valence-corrected chi connectivity index (χ2v) is 4.06. The Morgan fingerprint density at radius 1 is 1.25 bits per heavy atom. The number of hydrogen-bond donors (Lipinski definition) is 3. The number of nitro benzene ring substituents is 1. The van der Waals surface area contributed by atoms with Crippen LogP contribution in [0.5, 0.6) is 0 Å². The minimum atomic E-state index is -0.458. The molecular weight excluding hydrogens is 264 g/mol. The third-order valence-electron chi connectivity index (χ3n) is 2.52. The van der Waals surface area contributed by atoms with Crippen LogP contribution in [0.4, 0.5) is 17.1 Å². The van der Waals surface area contributed by atoms with Gasteiger partial charge in [0.05, 0.1) is 23.8 Å². The van der Waals surface area contributed by atoms with Gasteiger partial charge in [0, 0.05) is 38.1 Å². The summed E-state index contributed by atoms with van der Waals surface area (Å²) in [6.07, 6.45) is 0.789. The van der Waals surface area contributed by atoms with Gasteiger partial charge in [0.1, 0.15) is 0 Å². The van der Waals surface area contributed by atoms with Crippen LogP contribution in [0.3, 0.4) is 0 Å². The molecule has 0 fully saturated rings. The van der Waals surface area contributed by atoms with Crippen molar-refractivity contribution in [2.75, 3.05) is 44.2 Å². The van der Waals surface area contributed by atoms with Crippen molar-refractivity contribution in [2.24, 2.45) is 5.84 Å². The molecule has 0 saturated carbocycles. The van der Waals surface area contributed by atoms with Crippen LogP contribution < -0.4 is 16.6 Å². The number of hydrazine groups is 1. The first-order valence-corrected chi connectivity index (χ1v) is 6.24. The highest BCUT2D eigenvalue weighted by Gasteiger charge is 2.08. The average Bonchev–Trinajstić information content (AvgIpc) is 2.46. The highest BCUT2D eigenvalue weighted by Crippen LogP contribution is 2.23. The summed E-state index contributed by atoms with van der Waals surface area (Å²) >= 11 is 0. The molecule has 0 saturated heterocycles. The Kier molecular flexibility index (Phi) is 7.33. The van der Waals surface area contributed by atoms with E-state index < -0.39 is 4.92 Å². The van der Waals surface area contributed by atoms with E-state index in [1.54, 1.807) is 13.2 Å². The first-order chi connectivity index (χ1) is 9.67. The lowest BCUT2D eigenvalue weighted by atomic mass is 10.2. The van der Waals surface area contributed by atoms with Gasteiger partial charge in [0.2, 0.25) is 0 Å². The number of anilines is 2. The first-order valence-electron chi connectivity index (χ1n) is 6.24. The maximum absolute atomic E-state index is 10.8. The second-order valence-electron chi connectivity index (χ2n) is 4.06. The lowest BCUT2D eigenvalue weighted by molar-refractivity contribution is -0.384. The van der Waals surface area contributed by atoms with Crippen LogP contribution in [-0.4, -0.2) is 38.4 Å². The van der Waals surface area contributed by atoms with E-state index in [1.807, 2.05) is 0 Å². The Balaban J connectivity index is 2.39. The zero-order chi connectivity index (χ0) is 14.8. The Morgan fingerprint density at radius 2 is 2.00 bits per heavy atom. The monoisotopic (exact) mass is 284 g/mol. The number of ether oxygens (including phenoxy) is 2. The van der Waals surface area contributed by atoms with Crippen LogP contribution in [-0.2, 0) is 9.47 Å². The number of nitrogen functional groups attached to an aromatic ring is 1. The number of benzene rings is 1. The normalized spacial score (nSPS) is 10.3. The van der Waals surface area contributed by atoms with Gasteiger partial charge in [0.25, 0.3) is 5.69 Å². The van der Waals surface area contributed by atoms with Gasteiger partial charge in [0.15, 0.2) is 0 Å². The fourth-order valence-electron chi connectivity index (χ4n) is 1.55. The molecule has 112 valence electrons. The lowest BCUT2D eigenvalue weighted by Crippen LogP contribution is -2.10. The molecule has 0 aliphatic heterocycles. The minimum Gasteiger partial charge on any atom is -0.385 e. The quantitative estimate of drug-likeness (QED) is 0.257. The number of nitrogens with two attached hydrogens (primary N) is 1. The molecule has 0 aliphatic carbocycles. The van der Waals surface area contributed by atoms with Gasteiger partial charge in [-0.3, -0.25) is 16.0 Å². The molecule has 0 radical (unpaired) electrons. The zero-order valence-corrected chi connectivity index (χ0v) is 11.4. The number of nitrogens with zero attached hydrogens (tertiary/aromatic N) is 1. The molecule has 0 bridgehead atoms. The molecular formula is C12H20N4O4. The molecule has 1 aromatic carbocycles. The molecule has 1 rings (SSSR count). The third kappa shape index (κ3) is 5.83. The summed E-state index contributed by atoms with van der Waals surface area (Å²) in [5.41, 5.74) is 3.52. The standard InChI is InChI=1S/C12H20N4O4/c1-19-5-6-20-4-2-3-14-10-7-11(15-13)9-12(8-10)16(17)18/h7-9,14-15H,2-6,13H2,1H3.